The van der Waals surface area contributed by atoms with Crippen molar-refractivity contribution in [1.82, 2.24) is 20.0 Å². The largest absolute Gasteiger partial charge is 0.496 e. The van der Waals surface area contributed by atoms with E-state index in [1.54, 1.807) is 12.0 Å². The van der Waals surface area contributed by atoms with E-state index in [0.717, 1.165) is 39.3 Å². The van der Waals surface area contributed by atoms with Gasteiger partial charge in [-0.05, 0) is 48.2 Å². The first kappa shape index (κ1) is 20.9. The summed E-state index contributed by atoms with van der Waals surface area (Å²) in [5, 5.41) is 6.81. The molecule has 3 amide bonds. The number of ether oxygens (including phenoxy) is 1. The molecule has 1 N–H and O–H groups in total. The van der Waals surface area contributed by atoms with Crippen molar-refractivity contribution in [2.75, 3.05) is 7.11 Å². The van der Waals surface area contributed by atoms with E-state index in [1.807, 2.05) is 61.2 Å². The third-order valence-corrected chi connectivity index (χ3v) is 6.45. The van der Waals surface area contributed by atoms with Crippen LogP contribution in [0.4, 0.5) is 0 Å². The van der Waals surface area contributed by atoms with Crippen LogP contribution < -0.4 is 10.1 Å². The third-order valence-electron chi connectivity index (χ3n) is 6.45. The summed E-state index contributed by atoms with van der Waals surface area (Å²) >= 11 is 0. The molecule has 3 heterocycles. The highest BCUT2D eigenvalue weighted by Crippen LogP contribution is 2.37. The van der Waals surface area contributed by atoms with Gasteiger partial charge < -0.3 is 9.64 Å². The molecule has 0 radical (unpaired) electrons. The minimum absolute atomic E-state index is 0.180. The first-order valence-electron chi connectivity index (χ1n) is 10.8. The number of carbonyl (C=O) groups excluding carboxylic acids is 3. The minimum Gasteiger partial charge on any atom is -0.496 e. The Kier molecular flexibility index (Phi) is 5.00. The summed E-state index contributed by atoms with van der Waals surface area (Å²) in [6, 6.07) is 11.1. The van der Waals surface area contributed by atoms with Crippen LogP contribution in [0.3, 0.4) is 0 Å². The number of hydrogen-bond donors (Lipinski definition) is 1. The summed E-state index contributed by atoms with van der Waals surface area (Å²) in [6.07, 6.45) is 2.40. The molecule has 168 valence electrons. The van der Waals surface area contributed by atoms with Gasteiger partial charge in [0.2, 0.25) is 11.8 Å². The van der Waals surface area contributed by atoms with E-state index in [2.05, 4.69) is 10.4 Å². The zero-order valence-corrected chi connectivity index (χ0v) is 18.7. The molecule has 33 heavy (non-hydrogen) atoms. The maximum Gasteiger partial charge on any atom is 0.255 e. The van der Waals surface area contributed by atoms with Gasteiger partial charge in [-0.1, -0.05) is 18.2 Å². The summed E-state index contributed by atoms with van der Waals surface area (Å²) in [6.45, 7) is 2.33. The second-order valence-electron chi connectivity index (χ2n) is 8.49. The molecule has 2 aromatic carbocycles. The number of aryl methyl sites for hydroxylation is 2. The number of fused-ring (bicyclic) bond motifs is 1. The van der Waals surface area contributed by atoms with Crippen LogP contribution in [0.5, 0.6) is 5.75 Å². The van der Waals surface area contributed by atoms with Crippen molar-refractivity contribution in [2.24, 2.45) is 7.05 Å². The first-order chi connectivity index (χ1) is 15.9. The summed E-state index contributed by atoms with van der Waals surface area (Å²) in [4.78, 5) is 38.4. The number of hydrogen-bond acceptors (Lipinski definition) is 5. The highest BCUT2D eigenvalue weighted by Gasteiger charge is 2.39. The van der Waals surface area contributed by atoms with Gasteiger partial charge in [0.1, 0.15) is 11.8 Å². The van der Waals surface area contributed by atoms with Crippen LogP contribution in [0.1, 0.15) is 34.3 Å². The summed E-state index contributed by atoms with van der Waals surface area (Å²) in [5.74, 6) is -0.0742. The minimum atomic E-state index is -0.625. The van der Waals surface area contributed by atoms with Gasteiger partial charge >= 0.3 is 0 Å². The Morgan fingerprint density at radius 1 is 1.06 bits per heavy atom. The van der Waals surface area contributed by atoms with E-state index in [1.165, 1.54) is 0 Å². The number of rotatable bonds is 4. The van der Waals surface area contributed by atoms with Crippen LogP contribution in [0.25, 0.3) is 22.4 Å². The van der Waals surface area contributed by atoms with Crippen LogP contribution in [-0.4, -0.2) is 45.6 Å². The number of imide groups is 1. The maximum atomic E-state index is 13.0. The smallest absolute Gasteiger partial charge is 0.255 e. The molecule has 5 rings (SSSR count). The molecule has 1 atom stereocenters. The Balaban J connectivity index is 1.50. The zero-order valence-electron chi connectivity index (χ0n) is 18.7. The molecule has 1 fully saturated rings. The van der Waals surface area contributed by atoms with Gasteiger partial charge in [-0.25, -0.2) is 0 Å². The van der Waals surface area contributed by atoms with Crippen LogP contribution in [-0.2, 0) is 23.2 Å². The van der Waals surface area contributed by atoms with E-state index >= 15 is 0 Å². The van der Waals surface area contributed by atoms with Crippen molar-refractivity contribution in [1.29, 1.82) is 0 Å². The highest BCUT2D eigenvalue weighted by molar-refractivity contribution is 6.05. The molecule has 0 spiro atoms. The SMILES string of the molecule is COc1cc(-c2c(-c3ccc4c(c3)CN(C3CCC(=O)NC3=O)C4=O)cnn2C)ccc1C. The molecule has 1 saturated heterocycles. The molecule has 0 aliphatic carbocycles. The highest BCUT2D eigenvalue weighted by atomic mass is 16.5. The molecule has 1 aromatic heterocycles. The lowest BCUT2D eigenvalue weighted by Gasteiger charge is -2.29. The number of amides is 3. The van der Waals surface area contributed by atoms with Crippen molar-refractivity contribution in [2.45, 2.75) is 32.4 Å². The van der Waals surface area contributed by atoms with Gasteiger partial charge in [0.05, 0.1) is 19.0 Å². The number of piperidine rings is 1. The predicted molar refractivity (Wildman–Crippen MR) is 121 cm³/mol. The molecule has 8 heteroatoms. The van der Waals surface area contributed by atoms with Crippen LogP contribution in [0.15, 0.2) is 42.6 Å². The van der Waals surface area contributed by atoms with Gasteiger partial charge in [-0.2, -0.15) is 5.10 Å². The molecule has 3 aromatic rings. The average molecular weight is 444 g/mol. The van der Waals surface area contributed by atoms with E-state index < -0.39 is 11.9 Å². The fourth-order valence-corrected chi connectivity index (χ4v) is 4.70. The van der Waals surface area contributed by atoms with E-state index in [-0.39, 0.29) is 18.2 Å². The fraction of sp³-hybridized carbons (Fsp3) is 0.280. The normalized spacial score (nSPS) is 17.8. The summed E-state index contributed by atoms with van der Waals surface area (Å²) in [5.41, 5.74) is 6.31. The van der Waals surface area contributed by atoms with Gasteiger partial charge in [0, 0.05) is 36.7 Å². The Hall–Kier alpha value is -3.94. The molecular formula is C25H24N4O4. The predicted octanol–water partition coefficient (Wildman–Crippen LogP) is 2.83. The summed E-state index contributed by atoms with van der Waals surface area (Å²) in [7, 11) is 3.55. The first-order valence-corrected chi connectivity index (χ1v) is 10.8. The lowest BCUT2D eigenvalue weighted by molar-refractivity contribution is -0.136. The van der Waals surface area contributed by atoms with Crippen molar-refractivity contribution in [3.63, 3.8) is 0 Å². The van der Waals surface area contributed by atoms with Crippen molar-refractivity contribution < 1.29 is 19.1 Å². The van der Waals surface area contributed by atoms with Crippen molar-refractivity contribution in [3.05, 3.63) is 59.3 Å². The number of benzene rings is 2. The lowest BCUT2D eigenvalue weighted by atomic mass is 9.97. The topological polar surface area (TPSA) is 93.5 Å². The Bertz CT molecular complexity index is 1310. The van der Waals surface area contributed by atoms with Gasteiger partial charge in [-0.15, -0.1) is 0 Å². The average Bonchev–Trinajstić information content (AvgIpc) is 3.34. The van der Waals surface area contributed by atoms with Crippen molar-refractivity contribution in [3.8, 4) is 28.1 Å². The Morgan fingerprint density at radius 3 is 2.61 bits per heavy atom. The molecule has 0 saturated carbocycles. The standard InChI is InChI=1S/C25H24N4O4/c1-14-4-5-16(11-21(14)33-3)23-19(12-26-28(23)2)15-6-7-18-17(10-15)13-29(25(18)32)20-8-9-22(30)27-24(20)31/h4-7,10-12,20H,8-9,13H2,1-3H3,(H,27,30,31). The number of aromatic nitrogens is 2. The number of methoxy groups -OCH3 is 1. The fourth-order valence-electron chi connectivity index (χ4n) is 4.70. The summed E-state index contributed by atoms with van der Waals surface area (Å²) < 4.78 is 7.33. The second-order valence-corrected chi connectivity index (χ2v) is 8.49. The van der Waals surface area contributed by atoms with Crippen LogP contribution in [0.2, 0.25) is 0 Å². The third kappa shape index (κ3) is 3.47. The Labute approximate surface area is 191 Å². The monoisotopic (exact) mass is 444 g/mol. The number of nitrogens with zero attached hydrogens (tertiary/aromatic N) is 3. The quantitative estimate of drug-likeness (QED) is 0.625. The van der Waals surface area contributed by atoms with Crippen LogP contribution >= 0.6 is 0 Å². The van der Waals surface area contributed by atoms with E-state index in [0.29, 0.717) is 18.5 Å². The maximum absolute atomic E-state index is 13.0. The molecule has 2 aliphatic rings. The van der Waals surface area contributed by atoms with Gasteiger partial charge in [0.25, 0.3) is 5.91 Å². The van der Waals surface area contributed by atoms with Crippen molar-refractivity contribution >= 4 is 17.7 Å². The van der Waals surface area contributed by atoms with E-state index in [9.17, 15) is 14.4 Å². The Morgan fingerprint density at radius 2 is 1.85 bits per heavy atom. The van der Waals surface area contributed by atoms with Gasteiger partial charge in [-0.3, -0.25) is 24.4 Å². The second kappa shape index (κ2) is 7.88. The molecular weight excluding hydrogens is 420 g/mol. The zero-order chi connectivity index (χ0) is 23.3. The van der Waals surface area contributed by atoms with Gasteiger partial charge in [0.15, 0.2) is 0 Å². The molecule has 1 unspecified atom stereocenters. The van der Waals surface area contributed by atoms with E-state index in [4.69, 9.17) is 4.74 Å². The van der Waals surface area contributed by atoms with Crippen LogP contribution in [0, 0.1) is 6.92 Å². The number of nitrogens with one attached hydrogen (secondary N) is 1. The lowest BCUT2D eigenvalue weighted by Crippen LogP contribution is -2.52. The number of carbonyl (C=O) groups is 3. The molecule has 8 nitrogen and oxygen atoms in total. The molecule has 0 bridgehead atoms. The molecule has 2 aliphatic heterocycles.